The second-order valence-corrected chi connectivity index (χ2v) is 5.36. The minimum Gasteiger partial charge on any atom is -0.494 e. The van der Waals surface area contributed by atoms with Crippen LogP contribution in [0, 0.1) is 11.6 Å². The number of halogens is 2. The van der Waals surface area contributed by atoms with Gasteiger partial charge >= 0.3 is 0 Å². The Hall–Kier alpha value is -2.80. The molecule has 1 heterocycles. The van der Waals surface area contributed by atoms with Gasteiger partial charge in [0.2, 0.25) is 0 Å². The van der Waals surface area contributed by atoms with Gasteiger partial charge in [-0.1, -0.05) is 18.2 Å². The summed E-state index contributed by atoms with van der Waals surface area (Å²) < 4.78 is 32.5. The maximum atomic E-state index is 13.9. The van der Waals surface area contributed by atoms with Gasteiger partial charge in [0.25, 0.3) is 5.91 Å². The van der Waals surface area contributed by atoms with Crippen LogP contribution in [0.3, 0.4) is 0 Å². The quantitative estimate of drug-likeness (QED) is 0.684. The molecule has 7 heteroatoms. The van der Waals surface area contributed by atoms with E-state index in [2.05, 4.69) is 5.32 Å². The Bertz CT molecular complexity index is 867. The summed E-state index contributed by atoms with van der Waals surface area (Å²) in [6.07, 6.45) is 1.44. The van der Waals surface area contributed by atoms with Gasteiger partial charge in [0.05, 0.1) is 12.8 Å². The minimum atomic E-state index is -0.563. The summed E-state index contributed by atoms with van der Waals surface area (Å²) in [6, 6.07) is 10.1. The van der Waals surface area contributed by atoms with E-state index in [1.54, 1.807) is 12.1 Å². The van der Waals surface area contributed by atoms with Crippen molar-refractivity contribution in [3.05, 3.63) is 65.4 Å². The molecule has 3 rings (SSSR count). The van der Waals surface area contributed by atoms with Crippen molar-refractivity contribution in [2.75, 3.05) is 12.0 Å². The lowest BCUT2D eigenvalue weighted by Gasteiger charge is -2.14. The lowest BCUT2D eigenvalue weighted by molar-refractivity contribution is -0.113. The summed E-state index contributed by atoms with van der Waals surface area (Å²) >= 11 is 5.11. The average molecular weight is 346 g/mol. The molecule has 0 aromatic heterocycles. The number of carbonyl (C=O) groups excluding carboxylic acids is 1. The van der Waals surface area contributed by atoms with Gasteiger partial charge in [0, 0.05) is 0 Å². The predicted molar refractivity (Wildman–Crippen MR) is 90.5 cm³/mol. The zero-order valence-electron chi connectivity index (χ0n) is 12.5. The number of hydrogen-bond acceptors (Lipinski definition) is 3. The molecule has 0 atom stereocenters. The van der Waals surface area contributed by atoms with Crippen LogP contribution in [0.4, 0.5) is 14.5 Å². The summed E-state index contributed by atoms with van der Waals surface area (Å²) in [5.74, 6) is -1.52. The standard InChI is InChI=1S/C17H12F2N2O2S/c1-23-15-7-6-10(8-12(15)19)9-13-16(22)21(17(24)20-13)14-5-3-2-4-11(14)18/h2-9H,1H3,(H,20,24)/b13-9-. The molecule has 1 aliphatic rings. The van der Waals surface area contributed by atoms with Crippen molar-refractivity contribution >= 4 is 35.0 Å². The largest absolute Gasteiger partial charge is 0.494 e. The van der Waals surface area contributed by atoms with E-state index >= 15 is 0 Å². The zero-order valence-corrected chi connectivity index (χ0v) is 13.4. The first-order valence-corrected chi connectivity index (χ1v) is 7.37. The molecule has 122 valence electrons. The Morgan fingerprint density at radius 1 is 1.17 bits per heavy atom. The molecule has 1 amide bonds. The van der Waals surface area contributed by atoms with Gasteiger partial charge in [-0.15, -0.1) is 0 Å². The third-order valence-electron chi connectivity index (χ3n) is 3.46. The normalized spacial score (nSPS) is 15.8. The van der Waals surface area contributed by atoms with Crippen molar-refractivity contribution in [1.82, 2.24) is 5.32 Å². The minimum absolute atomic E-state index is 0.0595. The molecule has 0 bridgehead atoms. The van der Waals surface area contributed by atoms with Gasteiger partial charge in [0.1, 0.15) is 11.5 Å². The van der Waals surface area contributed by atoms with Gasteiger partial charge < -0.3 is 10.1 Å². The highest BCUT2D eigenvalue weighted by Gasteiger charge is 2.33. The van der Waals surface area contributed by atoms with E-state index in [4.69, 9.17) is 17.0 Å². The highest BCUT2D eigenvalue weighted by atomic mass is 32.1. The molecule has 0 unspecified atom stereocenters. The van der Waals surface area contributed by atoms with Crippen LogP contribution in [0.1, 0.15) is 5.56 Å². The number of ether oxygens (including phenoxy) is 1. The van der Waals surface area contributed by atoms with Gasteiger partial charge in [-0.3, -0.25) is 4.79 Å². The van der Waals surface area contributed by atoms with E-state index in [1.807, 2.05) is 0 Å². The van der Waals surface area contributed by atoms with Gasteiger partial charge in [-0.25, -0.2) is 13.7 Å². The van der Waals surface area contributed by atoms with Gasteiger partial charge in [0.15, 0.2) is 16.7 Å². The second-order valence-electron chi connectivity index (χ2n) is 4.97. The highest BCUT2D eigenvalue weighted by Crippen LogP contribution is 2.26. The monoisotopic (exact) mass is 346 g/mol. The first-order chi connectivity index (χ1) is 11.5. The fourth-order valence-corrected chi connectivity index (χ4v) is 2.62. The summed E-state index contributed by atoms with van der Waals surface area (Å²) in [5.41, 5.74) is 0.638. The average Bonchev–Trinajstić information content (AvgIpc) is 2.82. The molecule has 2 aromatic carbocycles. The molecule has 0 radical (unpaired) electrons. The summed E-state index contributed by atoms with van der Waals surface area (Å²) in [6.45, 7) is 0. The fraction of sp³-hybridized carbons (Fsp3) is 0.0588. The van der Waals surface area contributed by atoms with Crippen LogP contribution in [0.25, 0.3) is 6.08 Å². The van der Waals surface area contributed by atoms with Crippen molar-refractivity contribution in [1.29, 1.82) is 0 Å². The summed E-state index contributed by atoms with van der Waals surface area (Å²) in [4.78, 5) is 13.6. The number of nitrogens with zero attached hydrogens (tertiary/aromatic N) is 1. The van der Waals surface area contributed by atoms with Crippen molar-refractivity contribution < 1.29 is 18.3 Å². The summed E-state index contributed by atoms with van der Waals surface area (Å²) in [5, 5.41) is 2.79. The van der Waals surface area contributed by atoms with Crippen LogP contribution in [0.15, 0.2) is 48.2 Å². The molecule has 0 aliphatic carbocycles. The predicted octanol–water partition coefficient (Wildman–Crippen LogP) is 3.24. The second kappa shape index (κ2) is 6.37. The number of hydrogen-bond donors (Lipinski definition) is 1. The Morgan fingerprint density at radius 2 is 1.92 bits per heavy atom. The SMILES string of the molecule is COc1ccc(/C=C2\NC(=S)N(c3ccccc3F)C2=O)cc1F. The van der Waals surface area contributed by atoms with Crippen LogP contribution in [-0.2, 0) is 4.79 Å². The lowest BCUT2D eigenvalue weighted by Crippen LogP contribution is -2.31. The number of para-hydroxylation sites is 1. The zero-order chi connectivity index (χ0) is 17.3. The molecule has 0 spiro atoms. The highest BCUT2D eigenvalue weighted by molar-refractivity contribution is 7.80. The summed E-state index contributed by atoms with van der Waals surface area (Å²) in [7, 11) is 1.36. The smallest absolute Gasteiger partial charge is 0.281 e. The Balaban J connectivity index is 1.94. The number of benzene rings is 2. The molecular weight excluding hydrogens is 334 g/mol. The molecular formula is C17H12F2N2O2S. The van der Waals surface area contributed by atoms with E-state index < -0.39 is 17.5 Å². The molecule has 24 heavy (non-hydrogen) atoms. The number of carbonyl (C=O) groups is 1. The maximum absolute atomic E-state index is 13.9. The van der Waals surface area contributed by atoms with E-state index in [-0.39, 0.29) is 22.2 Å². The molecule has 4 nitrogen and oxygen atoms in total. The van der Waals surface area contributed by atoms with Crippen molar-refractivity contribution in [3.63, 3.8) is 0 Å². The van der Waals surface area contributed by atoms with E-state index in [0.29, 0.717) is 5.56 Å². The van der Waals surface area contributed by atoms with Crippen LogP contribution >= 0.6 is 12.2 Å². The molecule has 2 aromatic rings. The molecule has 1 aliphatic heterocycles. The van der Waals surface area contributed by atoms with E-state index in [0.717, 1.165) is 4.90 Å². The topological polar surface area (TPSA) is 41.6 Å². The van der Waals surface area contributed by atoms with Crippen molar-refractivity contribution in [3.8, 4) is 5.75 Å². The Labute approximate surface area is 142 Å². The first kappa shape index (κ1) is 16.1. The van der Waals surface area contributed by atoms with E-state index in [1.165, 1.54) is 43.5 Å². The van der Waals surface area contributed by atoms with E-state index in [9.17, 15) is 13.6 Å². The Kier molecular flexibility index (Phi) is 4.26. The molecule has 1 saturated heterocycles. The number of rotatable bonds is 3. The number of amides is 1. The van der Waals surface area contributed by atoms with Crippen LogP contribution in [0.5, 0.6) is 5.75 Å². The Morgan fingerprint density at radius 3 is 2.58 bits per heavy atom. The van der Waals surface area contributed by atoms with Gasteiger partial charge in [-0.2, -0.15) is 0 Å². The molecule has 1 N–H and O–H groups in total. The van der Waals surface area contributed by atoms with Gasteiger partial charge in [-0.05, 0) is 48.1 Å². The third kappa shape index (κ3) is 2.85. The fourth-order valence-electron chi connectivity index (χ4n) is 2.33. The lowest BCUT2D eigenvalue weighted by atomic mass is 10.1. The number of methoxy groups -OCH3 is 1. The molecule has 0 saturated carbocycles. The van der Waals surface area contributed by atoms with Crippen molar-refractivity contribution in [2.45, 2.75) is 0 Å². The van der Waals surface area contributed by atoms with Crippen LogP contribution in [0.2, 0.25) is 0 Å². The maximum Gasteiger partial charge on any atom is 0.281 e. The first-order valence-electron chi connectivity index (χ1n) is 6.96. The number of thiocarbonyl (C=S) groups is 1. The number of anilines is 1. The van der Waals surface area contributed by atoms with Crippen molar-refractivity contribution in [2.24, 2.45) is 0 Å². The van der Waals surface area contributed by atoms with Crippen LogP contribution in [-0.4, -0.2) is 18.1 Å². The van der Waals surface area contributed by atoms with Crippen LogP contribution < -0.4 is 15.0 Å². The molecule has 1 fully saturated rings. The third-order valence-corrected chi connectivity index (χ3v) is 3.74. The number of nitrogens with one attached hydrogen (secondary N) is 1.